The Kier molecular flexibility index (Phi) is 4.44. The molecule has 0 aromatic heterocycles. The van der Waals surface area contributed by atoms with Crippen LogP contribution in [0.3, 0.4) is 0 Å². The van der Waals surface area contributed by atoms with Gasteiger partial charge in [0.25, 0.3) is 0 Å². The molecule has 0 amide bonds. The van der Waals surface area contributed by atoms with Crippen LogP contribution in [0.1, 0.15) is 20.3 Å². The Hall–Kier alpha value is -1.11. The summed E-state index contributed by atoms with van der Waals surface area (Å²) >= 11 is 0. The standard InChI is InChI=1S/C13H19NO4S/c1-3-17-12-5-7-13(8-6-12)19(15,16)14-9-4-10-18-11(14)2/h5-8,11H,3-4,9-10H2,1-2H3. The molecule has 5 nitrogen and oxygen atoms in total. The molecule has 1 fully saturated rings. The number of hydrogen-bond acceptors (Lipinski definition) is 4. The zero-order valence-electron chi connectivity index (χ0n) is 11.2. The third kappa shape index (κ3) is 3.08. The highest BCUT2D eigenvalue weighted by molar-refractivity contribution is 7.89. The zero-order chi connectivity index (χ0) is 13.9. The lowest BCUT2D eigenvalue weighted by Gasteiger charge is -2.32. The fourth-order valence-electron chi connectivity index (χ4n) is 2.06. The maximum absolute atomic E-state index is 12.5. The fraction of sp³-hybridized carbons (Fsp3) is 0.538. The number of sulfonamides is 1. The van der Waals surface area contributed by atoms with Gasteiger partial charge in [-0.25, -0.2) is 8.42 Å². The van der Waals surface area contributed by atoms with Crippen molar-refractivity contribution in [3.8, 4) is 5.75 Å². The molecule has 1 heterocycles. The molecular weight excluding hydrogens is 266 g/mol. The molecule has 0 radical (unpaired) electrons. The van der Waals surface area contributed by atoms with Crippen molar-refractivity contribution < 1.29 is 17.9 Å². The summed E-state index contributed by atoms with van der Waals surface area (Å²) in [6, 6.07) is 6.49. The Morgan fingerprint density at radius 3 is 2.63 bits per heavy atom. The molecule has 1 atom stereocenters. The molecule has 0 bridgehead atoms. The fourth-order valence-corrected chi connectivity index (χ4v) is 3.64. The van der Waals surface area contributed by atoms with E-state index in [1.807, 2.05) is 6.92 Å². The van der Waals surface area contributed by atoms with E-state index in [-0.39, 0.29) is 4.90 Å². The van der Waals surface area contributed by atoms with E-state index in [0.717, 1.165) is 6.42 Å². The minimum Gasteiger partial charge on any atom is -0.494 e. The van der Waals surface area contributed by atoms with Gasteiger partial charge in [-0.1, -0.05) is 0 Å². The molecule has 1 unspecified atom stereocenters. The molecule has 6 heteroatoms. The average Bonchev–Trinajstić information content (AvgIpc) is 2.40. The average molecular weight is 285 g/mol. The van der Waals surface area contributed by atoms with Crippen molar-refractivity contribution in [2.75, 3.05) is 19.8 Å². The number of ether oxygens (including phenoxy) is 2. The predicted molar refractivity (Wildman–Crippen MR) is 71.5 cm³/mol. The molecule has 1 aliphatic rings. The van der Waals surface area contributed by atoms with Gasteiger partial charge in [0.2, 0.25) is 10.0 Å². The van der Waals surface area contributed by atoms with Gasteiger partial charge in [-0.3, -0.25) is 0 Å². The Bertz CT molecular complexity index is 512. The second kappa shape index (κ2) is 5.90. The van der Waals surface area contributed by atoms with Gasteiger partial charge in [0, 0.05) is 13.2 Å². The second-order valence-corrected chi connectivity index (χ2v) is 6.23. The van der Waals surface area contributed by atoms with Gasteiger partial charge in [0.1, 0.15) is 12.0 Å². The second-order valence-electron chi connectivity index (χ2n) is 4.34. The highest BCUT2D eigenvalue weighted by Gasteiger charge is 2.31. The van der Waals surface area contributed by atoms with Crippen molar-refractivity contribution in [2.45, 2.75) is 31.4 Å². The summed E-state index contributed by atoms with van der Waals surface area (Å²) in [5.41, 5.74) is 0. The molecular formula is C13H19NO4S. The zero-order valence-corrected chi connectivity index (χ0v) is 12.0. The quantitative estimate of drug-likeness (QED) is 0.847. The summed E-state index contributed by atoms with van der Waals surface area (Å²) in [6.07, 6.45) is 0.311. The maximum atomic E-state index is 12.5. The molecule has 1 aromatic rings. The lowest BCUT2D eigenvalue weighted by molar-refractivity contribution is -0.0410. The highest BCUT2D eigenvalue weighted by Crippen LogP contribution is 2.23. The Morgan fingerprint density at radius 1 is 1.37 bits per heavy atom. The van der Waals surface area contributed by atoms with E-state index in [1.54, 1.807) is 31.2 Å². The normalized spacial score (nSPS) is 21.3. The van der Waals surface area contributed by atoms with E-state index >= 15 is 0 Å². The third-order valence-corrected chi connectivity index (χ3v) is 4.99. The number of benzene rings is 1. The van der Waals surface area contributed by atoms with Gasteiger partial charge >= 0.3 is 0 Å². The van der Waals surface area contributed by atoms with E-state index in [0.29, 0.717) is 25.5 Å². The van der Waals surface area contributed by atoms with E-state index in [1.165, 1.54) is 4.31 Å². The molecule has 19 heavy (non-hydrogen) atoms. The predicted octanol–water partition coefficient (Wildman–Crippen LogP) is 1.84. The third-order valence-electron chi connectivity index (χ3n) is 3.03. The molecule has 0 saturated carbocycles. The Labute approximate surface area is 114 Å². The number of rotatable bonds is 4. The molecule has 1 aromatic carbocycles. The van der Waals surface area contributed by atoms with Gasteiger partial charge in [-0.05, 0) is 44.5 Å². The SMILES string of the molecule is CCOc1ccc(S(=O)(=O)N2CCCOC2C)cc1. The van der Waals surface area contributed by atoms with Gasteiger partial charge in [0.05, 0.1) is 11.5 Å². The van der Waals surface area contributed by atoms with Crippen molar-refractivity contribution in [3.05, 3.63) is 24.3 Å². The molecule has 1 aliphatic heterocycles. The summed E-state index contributed by atoms with van der Waals surface area (Å²) in [5, 5.41) is 0. The van der Waals surface area contributed by atoms with Crippen molar-refractivity contribution >= 4 is 10.0 Å². The molecule has 0 aliphatic carbocycles. The largest absolute Gasteiger partial charge is 0.494 e. The highest BCUT2D eigenvalue weighted by atomic mass is 32.2. The first-order chi connectivity index (χ1) is 9.05. The number of hydrogen-bond donors (Lipinski definition) is 0. The van der Waals surface area contributed by atoms with E-state index in [4.69, 9.17) is 9.47 Å². The molecule has 0 N–H and O–H groups in total. The van der Waals surface area contributed by atoms with Crippen LogP contribution in [0, 0.1) is 0 Å². The van der Waals surface area contributed by atoms with Crippen LogP contribution in [0.5, 0.6) is 5.75 Å². The van der Waals surface area contributed by atoms with Crippen LogP contribution in [-0.2, 0) is 14.8 Å². The first-order valence-corrected chi connectivity index (χ1v) is 7.86. The van der Waals surface area contributed by atoms with Gasteiger partial charge in [0.15, 0.2) is 0 Å². The van der Waals surface area contributed by atoms with Gasteiger partial charge in [-0.15, -0.1) is 0 Å². The summed E-state index contributed by atoms with van der Waals surface area (Å²) in [4.78, 5) is 0.272. The van der Waals surface area contributed by atoms with Gasteiger partial charge < -0.3 is 9.47 Å². The minimum atomic E-state index is -3.49. The summed E-state index contributed by atoms with van der Waals surface area (Å²) in [5.74, 6) is 0.671. The van der Waals surface area contributed by atoms with Crippen LogP contribution in [0.25, 0.3) is 0 Å². The van der Waals surface area contributed by atoms with E-state index in [2.05, 4.69) is 0 Å². The molecule has 106 valence electrons. The van der Waals surface area contributed by atoms with Crippen LogP contribution >= 0.6 is 0 Å². The lowest BCUT2D eigenvalue weighted by atomic mass is 10.3. The van der Waals surface area contributed by atoms with Crippen LogP contribution in [-0.4, -0.2) is 38.7 Å². The smallest absolute Gasteiger partial charge is 0.245 e. The van der Waals surface area contributed by atoms with Gasteiger partial charge in [-0.2, -0.15) is 4.31 Å². The first-order valence-electron chi connectivity index (χ1n) is 6.42. The summed E-state index contributed by atoms with van der Waals surface area (Å²) < 4.78 is 37.0. The van der Waals surface area contributed by atoms with Crippen molar-refractivity contribution in [2.24, 2.45) is 0 Å². The van der Waals surface area contributed by atoms with Crippen LogP contribution < -0.4 is 4.74 Å². The van der Waals surface area contributed by atoms with E-state index in [9.17, 15) is 8.42 Å². The van der Waals surface area contributed by atoms with Crippen molar-refractivity contribution in [3.63, 3.8) is 0 Å². The first kappa shape index (κ1) is 14.3. The number of nitrogens with zero attached hydrogens (tertiary/aromatic N) is 1. The van der Waals surface area contributed by atoms with Crippen LogP contribution in [0.2, 0.25) is 0 Å². The monoisotopic (exact) mass is 285 g/mol. The van der Waals surface area contributed by atoms with Crippen molar-refractivity contribution in [1.82, 2.24) is 4.31 Å². The Balaban J connectivity index is 2.23. The van der Waals surface area contributed by atoms with E-state index < -0.39 is 16.3 Å². The Morgan fingerprint density at radius 2 is 2.05 bits per heavy atom. The summed E-state index contributed by atoms with van der Waals surface area (Å²) in [7, 11) is -3.49. The topological polar surface area (TPSA) is 55.8 Å². The summed E-state index contributed by atoms with van der Waals surface area (Å²) in [6.45, 7) is 5.30. The van der Waals surface area contributed by atoms with Crippen molar-refractivity contribution in [1.29, 1.82) is 0 Å². The minimum absolute atomic E-state index is 0.272. The lowest BCUT2D eigenvalue weighted by Crippen LogP contribution is -2.44. The molecule has 1 saturated heterocycles. The molecule has 0 spiro atoms. The van der Waals surface area contributed by atoms with Crippen LogP contribution in [0.15, 0.2) is 29.2 Å². The molecule has 2 rings (SSSR count). The maximum Gasteiger partial charge on any atom is 0.245 e. The van der Waals surface area contributed by atoms with Crippen LogP contribution in [0.4, 0.5) is 0 Å².